The van der Waals surface area contributed by atoms with Gasteiger partial charge in [-0.25, -0.2) is 0 Å². The molecule has 1 saturated heterocycles. The molecule has 2 fully saturated rings. The van der Waals surface area contributed by atoms with Crippen molar-refractivity contribution in [2.75, 3.05) is 13.1 Å². The Morgan fingerprint density at radius 2 is 1.35 bits per heavy atom. The molecule has 1 N–H and O–H groups in total. The molecule has 0 atom stereocenters. The van der Waals surface area contributed by atoms with Crippen LogP contribution in [-0.2, 0) is 0 Å². The normalized spacial score (nSPS) is 28.2. The average molecular weight is 237 g/mol. The SMILES string of the molecule is CC1(C)CCC(C(C)(C)C2CCNCC2)CC1. The van der Waals surface area contributed by atoms with E-state index < -0.39 is 0 Å². The van der Waals surface area contributed by atoms with E-state index in [1.54, 1.807) is 0 Å². The van der Waals surface area contributed by atoms with Gasteiger partial charge in [-0.2, -0.15) is 0 Å². The number of nitrogens with one attached hydrogen (secondary N) is 1. The standard InChI is InChI=1S/C16H31N/c1-15(2)9-5-13(6-10-15)16(3,4)14-7-11-17-12-8-14/h13-14,17H,5-12H2,1-4H3. The van der Waals surface area contributed by atoms with Crippen LogP contribution in [0, 0.1) is 22.7 Å². The van der Waals surface area contributed by atoms with E-state index in [-0.39, 0.29) is 0 Å². The molecule has 1 nitrogen and oxygen atoms in total. The van der Waals surface area contributed by atoms with Crippen LogP contribution in [0.1, 0.15) is 66.2 Å². The van der Waals surface area contributed by atoms with E-state index in [4.69, 9.17) is 0 Å². The second-order valence-corrected chi connectivity index (χ2v) is 7.78. The van der Waals surface area contributed by atoms with Crippen molar-refractivity contribution in [3.8, 4) is 0 Å². The van der Waals surface area contributed by atoms with Gasteiger partial charge >= 0.3 is 0 Å². The maximum absolute atomic E-state index is 3.50. The summed E-state index contributed by atoms with van der Waals surface area (Å²) in [5.74, 6) is 1.92. The summed E-state index contributed by atoms with van der Waals surface area (Å²) < 4.78 is 0. The molecular weight excluding hydrogens is 206 g/mol. The van der Waals surface area contributed by atoms with E-state index in [2.05, 4.69) is 33.0 Å². The van der Waals surface area contributed by atoms with Gasteiger partial charge in [-0.1, -0.05) is 27.7 Å². The Hall–Kier alpha value is -0.0400. The fourth-order valence-electron chi connectivity index (χ4n) is 4.04. The van der Waals surface area contributed by atoms with Crippen LogP contribution in [-0.4, -0.2) is 13.1 Å². The van der Waals surface area contributed by atoms with Crippen LogP contribution in [0.4, 0.5) is 0 Å². The quantitative estimate of drug-likeness (QED) is 0.758. The van der Waals surface area contributed by atoms with Crippen LogP contribution in [0.3, 0.4) is 0 Å². The second kappa shape index (κ2) is 4.91. The Labute approximate surface area is 108 Å². The van der Waals surface area contributed by atoms with E-state index in [0.717, 1.165) is 11.8 Å². The van der Waals surface area contributed by atoms with Gasteiger partial charge < -0.3 is 5.32 Å². The minimum absolute atomic E-state index is 0.568. The highest BCUT2D eigenvalue weighted by Gasteiger charge is 2.40. The number of hydrogen-bond acceptors (Lipinski definition) is 1. The average Bonchev–Trinajstić information content (AvgIpc) is 2.29. The summed E-state index contributed by atoms with van der Waals surface area (Å²) >= 11 is 0. The van der Waals surface area contributed by atoms with Crippen LogP contribution >= 0.6 is 0 Å². The Kier molecular flexibility index (Phi) is 3.87. The number of piperidine rings is 1. The summed E-state index contributed by atoms with van der Waals surface area (Å²) in [5.41, 5.74) is 1.18. The van der Waals surface area contributed by atoms with E-state index in [9.17, 15) is 0 Å². The van der Waals surface area contributed by atoms with Crippen LogP contribution in [0.5, 0.6) is 0 Å². The fourth-order valence-corrected chi connectivity index (χ4v) is 4.04. The first-order chi connectivity index (χ1) is 7.92. The van der Waals surface area contributed by atoms with E-state index >= 15 is 0 Å². The van der Waals surface area contributed by atoms with Gasteiger partial charge in [-0.3, -0.25) is 0 Å². The Balaban J connectivity index is 1.95. The molecule has 1 saturated carbocycles. The molecule has 2 aliphatic rings. The van der Waals surface area contributed by atoms with Crippen molar-refractivity contribution in [1.82, 2.24) is 5.32 Å². The molecule has 0 aromatic heterocycles. The molecule has 0 radical (unpaired) electrons. The largest absolute Gasteiger partial charge is 0.317 e. The summed E-state index contributed by atoms with van der Waals surface area (Å²) in [6, 6.07) is 0. The zero-order chi connectivity index (χ0) is 12.5. The molecule has 100 valence electrons. The van der Waals surface area contributed by atoms with Gasteiger partial charge in [0, 0.05) is 0 Å². The van der Waals surface area contributed by atoms with Gasteiger partial charge in [-0.15, -0.1) is 0 Å². The summed E-state index contributed by atoms with van der Waals surface area (Å²) in [6.07, 6.45) is 8.59. The lowest BCUT2D eigenvalue weighted by Gasteiger charge is -2.47. The van der Waals surface area contributed by atoms with E-state index in [0.29, 0.717) is 10.8 Å². The third-order valence-electron chi connectivity index (χ3n) is 5.78. The van der Waals surface area contributed by atoms with Crippen molar-refractivity contribution in [2.24, 2.45) is 22.7 Å². The van der Waals surface area contributed by atoms with Crippen LogP contribution < -0.4 is 5.32 Å². The predicted molar refractivity (Wildman–Crippen MR) is 75.1 cm³/mol. The lowest BCUT2D eigenvalue weighted by atomic mass is 9.59. The molecule has 0 spiro atoms. The Morgan fingerprint density at radius 1 is 0.882 bits per heavy atom. The summed E-state index contributed by atoms with van der Waals surface area (Å²) in [5, 5.41) is 3.50. The maximum atomic E-state index is 3.50. The maximum Gasteiger partial charge on any atom is -0.00461 e. The van der Waals surface area contributed by atoms with Crippen molar-refractivity contribution in [3.63, 3.8) is 0 Å². The van der Waals surface area contributed by atoms with E-state index in [1.165, 1.54) is 51.6 Å². The second-order valence-electron chi connectivity index (χ2n) is 7.78. The van der Waals surface area contributed by atoms with E-state index in [1.807, 2.05) is 0 Å². The van der Waals surface area contributed by atoms with Crippen molar-refractivity contribution < 1.29 is 0 Å². The third kappa shape index (κ3) is 3.05. The predicted octanol–water partition coefficient (Wildman–Crippen LogP) is 4.23. The minimum atomic E-state index is 0.568. The third-order valence-corrected chi connectivity index (χ3v) is 5.78. The van der Waals surface area contributed by atoms with Gasteiger partial charge in [0.2, 0.25) is 0 Å². The van der Waals surface area contributed by atoms with Gasteiger partial charge in [0.1, 0.15) is 0 Å². The molecule has 0 unspecified atom stereocenters. The van der Waals surface area contributed by atoms with Crippen molar-refractivity contribution in [2.45, 2.75) is 66.2 Å². The lowest BCUT2D eigenvalue weighted by Crippen LogP contribution is -2.41. The molecule has 1 heteroatoms. The fraction of sp³-hybridized carbons (Fsp3) is 1.00. The van der Waals surface area contributed by atoms with Gasteiger partial charge in [0.15, 0.2) is 0 Å². The summed E-state index contributed by atoms with van der Waals surface area (Å²) in [4.78, 5) is 0. The molecule has 2 rings (SSSR count). The van der Waals surface area contributed by atoms with Crippen molar-refractivity contribution in [3.05, 3.63) is 0 Å². The smallest absolute Gasteiger partial charge is 0.00461 e. The molecule has 17 heavy (non-hydrogen) atoms. The first-order valence-electron chi connectivity index (χ1n) is 7.62. The summed E-state index contributed by atoms with van der Waals surface area (Å²) in [6.45, 7) is 12.5. The van der Waals surface area contributed by atoms with Gasteiger partial charge in [0.25, 0.3) is 0 Å². The first-order valence-corrected chi connectivity index (χ1v) is 7.62. The lowest BCUT2D eigenvalue weighted by molar-refractivity contribution is 0.0361. The molecular formula is C16H31N. The molecule has 1 aliphatic carbocycles. The molecule has 0 bridgehead atoms. The zero-order valence-electron chi connectivity index (χ0n) is 12.3. The Morgan fingerprint density at radius 3 is 1.88 bits per heavy atom. The van der Waals surface area contributed by atoms with Crippen molar-refractivity contribution >= 4 is 0 Å². The van der Waals surface area contributed by atoms with Crippen LogP contribution in [0.15, 0.2) is 0 Å². The topological polar surface area (TPSA) is 12.0 Å². The minimum Gasteiger partial charge on any atom is -0.317 e. The molecule has 0 aromatic carbocycles. The highest BCUT2D eigenvalue weighted by Crippen LogP contribution is 2.49. The zero-order valence-corrected chi connectivity index (χ0v) is 12.3. The monoisotopic (exact) mass is 237 g/mol. The van der Waals surface area contributed by atoms with Gasteiger partial charge in [0.05, 0.1) is 0 Å². The van der Waals surface area contributed by atoms with Gasteiger partial charge in [-0.05, 0) is 74.3 Å². The number of rotatable bonds is 2. The molecule has 0 amide bonds. The Bertz CT molecular complexity index is 238. The highest BCUT2D eigenvalue weighted by atomic mass is 14.9. The highest BCUT2D eigenvalue weighted by molar-refractivity contribution is 4.91. The molecule has 1 heterocycles. The number of hydrogen-bond donors (Lipinski definition) is 1. The first kappa shape index (κ1) is 13.4. The van der Waals surface area contributed by atoms with Crippen LogP contribution in [0.25, 0.3) is 0 Å². The van der Waals surface area contributed by atoms with Crippen LogP contribution in [0.2, 0.25) is 0 Å². The molecule has 0 aromatic rings. The van der Waals surface area contributed by atoms with Crippen molar-refractivity contribution in [1.29, 1.82) is 0 Å². The summed E-state index contributed by atoms with van der Waals surface area (Å²) in [7, 11) is 0. The molecule has 1 aliphatic heterocycles.